The van der Waals surface area contributed by atoms with Crippen LogP contribution in [0.5, 0.6) is 0 Å². The van der Waals surface area contributed by atoms with Crippen LogP contribution < -0.4 is 5.48 Å². The summed E-state index contributed by atoms with van der Waals surface area (Å²) < 4.78 is 0. The van der Waals surface area contributed by atoms with E-state index in [1.54, 1.807) is 6.07 Å². The van der Waals surface area contributed by atoms with Gasteiger partial charge in [-0.15, -0.1) is 0 Å². The lowest BCUT2D eigenvalue weighted by molar-refractivity contribution is -0.000135. The summed E-state index contributed by atoms with van der Waals surface area (Å²) in [5.74, 6) is -0.379. The van der Waals surface area contributed by atoms with Crippen LogP contribution >= 0.6 is 11.6 Å². The number of nitrogens with one attached hydrogen (secondary N) is 1. The highest BCUT2D eigenvalue weighted by molar-refractivity contribution is 6.30. The lowest BCUT2D eigenvalue weighted by Gasteiger charge is -2.07. The summed E-state index contributed by atoms with van der Waals surface area (Å²) in [6.07, 6.45) is 1.34. The molecule has 5 heteroatoms. The maximum absolute atomic E-state index is 11.3. The monoisotopic (exact) mass is 214 g/mol. The summed E-state index contributed by atoms with van der Waals surface area (Å²) in [5.41, 5.74) is 2.55. The number of pyridine rings is 1. The van der Waals surface area contributed by atoms with E-state index in [2.05, 4.69) is 10.5 Å². The number of hydrogen-bond donors (Lipinski definition) is 1. The first kappa shape index (κ1) is 10.9. The number of carbonyl (C=O) groups is 1. The van der Waals surface area contributed by atoms with Crippen molar-refractivity contribution in [2.75, 3.05) is 0 Å². The molecule has 1 aromatic rings. The third-order valence-corrected chi connectivity index (χ3v) is 1.57. The van der Waals surface area contributed by atoms with E-state index in [1.807, 2.05) is 13.8 Å². The summed E-state index contributed by atoms with van der Waals surface area (Å²) in [6, 6.07) is 3.13. The molecule has 0 radical (unpaired) electrons. The van der Waals surface area contributed by atoms with Crippen LogP contribution in [0.25, 0.3) is 0 Å². The van der Waals surface area contributed by atoms with Crippen LogP contribution in [-0.2, 0) is 4.84 Å². The van der Waals surface area contributed by atoms with Crippen molar-refractivity contribution in [2.24, 2.45) is 0 Å². The second-order valence-electron chi connectivity index (χ2n) is 2.96. The van der Waals surface area contributed by atoms with Gasteiger partial charge in [0.2, 0.25) is 0 Å². The van der Waals surface area contributed by atoms with Crippen LogP contribution in [0, 0.1) is 0 Å². The van der Waals surface area contributed by atoms with Gasteiger partial charge in [-0.1, -0.05) is 11.6 Å². The van der Waals surface area contributed by atoms with E-state index >= 15 is 0 Å². The van der Waals surface area contributed by atoms with Crippen LogP contribution in [0.3, 0.4) is 0 Å². The minimum absolute atomic E-state index is 0.0637. The maximum Gasteiger partial charge on any atom is 0.293 e. The fraction of sp³-hybridized carbons (Fsp3) is 0.333. The molecular weight excluding hydrogens is 204 g/mol. The molecule has 0 atom stereocenters. The fourth-order valence-electron chi connectivity index (χ4n) is 0.734. The third-order valence-electron chi connectivity index (χ3n) is 1.35. The molecular formula is C9H11ClN2O2. The third kappa shape index (κ3) is 3.32. The van der Waals surface area contributed by atoms with E-state index in [0.29, 0.717) is 5.02 Å². The highest BCUT2D eigenvalue weighted by Crippen LogP contribution is 2.05. The number of halogens is 1. The predicted octanol–water partition coefficient (Wildman–Crippen LogP) is 1.80. The van der Waals surface area contributed by atoms with Crippen LogP contribution in [-0.4, -0.2) is 17.0 Å². The first-order valence-electron chi connectivity index (χ1n) is 4.17. The van der Waals surface area contributed by atoms with Crippen molar-refractivity contribution in [3.05, 3.63) is 29.0 Å². The lowest BCUT2D eigenvalue weighted by atomic mass is 10.3. The van der Waals surface area contributed by atoms with Crippen LogP contribution in [0.4, 0.5) is 0 Å². The van der Waals surface area contributed by atoms with Gasteiger partial charge >= 0.3 is 0 Å². The number of hydrogen-bond acceptors (Lipinski definition) is 3. The Morgan fingerprint density at radius 1 is 1.57 bits per heavy atom. The second-order valence-corrected chi connectivity index (χ2v) is 3.40. The zero-order valence-electron chi connectivity index (χ0n) is 7.95. The SMILES string of the molecule is CC(C)ONC(=O)c1ccc(Cl)cn1. The fourth-order valence-corrected chi connectivity index (χ4v) is 0.846. The van der Waals surface area contributed by atoms with Gasteiger partial charge in [0.25, 0.3) is 5.91 Å². The summed E-state index contributed by atoms with van der Waals surface area (Å²) >= 11 is 5.62. The Balaban J connectivity index is 2.57. The van der Waals surface area contributed by atoms with Crippen molar-refractivity contribution in [1.29, 1.82) is 0 Å². The molecule has 0 aliphatic rings. The van der Waals surface area contributed by atoms with Crippen molar-refractivity contribution < 1.29 is 9.63 Å². The van der Waals surface area contributed by atoms with Gasteiger partial charge in [-0.05, 0) is 26.0 Å². The number of hydroxylamine groups is 1. The molecule has 0 aromatic carbocycles. The van der Waals surface area contributed by atoms with E-state index < -0.39 is 0 Å². The summed E-state index contributed by atoms with van der Waals surface area (Å²) in [7, 11) is 0. The number of aromatic nitrogens is 1. The molecule has 1 amide bonds. The number of carbonyl (C=O) groups excluding carboxylic acids is 1. The minimum Gasteiger partial charge on any atom is -0.271 e. The van der Waals surface area contributed by atoms with Crippen molar-refractivity contribution in [1.82, 2.24) is 10.5 Å². The molecule has 4 nitrogen and oxygen atoms in total. The molecule has 0 bridgehead atoms. The van der Waals surface area contributed by atoms with Gasteiger partial charge < -0.3 is 0 Å². The second kappa shape index (κ2) is 4.93. The zero-order valence-corrected chi connectivity index (χ0v) is 8.71. The number of nitrogens with zero attached hydrogens (tertiary/aromatic N) is 1. The molecule has 1 heterocycles. The Bertz CT molecular complexity index is 311. The molecule has 1 aromatic heterocycles. The Morgan fingerprint density at radius 2 is 2.29 bits per heavy atom. The maximum atomic E-state index is 11.3. The quantitative estimate of drug-likeness (QED) is 0.781. The smallest absolute Gasteiger partial charge is 0.271 e. The van der Waals surface area contributed by atoms with Crippen LogP contribution in [0.15, 0.2) is 18.3 Å². The van der Waals surface area contributed by atoms with E-state index in [9.17, 15) is 4.79 Å². The highest BCUT2D eigenvalue weighted by atomic mass is 35.5. The topological polar surface area (TPSA) is 51.2 Å². The summed E-state index contributed by atoms with van der Waals surface area (Å²) in [6.45, 7) is 3.63. The zero-order chi connectivity index (χ0) is 10.6. The lowest BCUT2D eigenvalue weighted by Crippen LogP contribution is -2.27. The largest absolute Gasteiger partial charge is 0.293 e. The molecule has 1 N–H and O–H groups in total. The average Bonchev–Trinajstić information content (AvgIpc) is 2.15. The Kier molecular flexibility index (Phi) is 3.85. The Hall–Kier alpha value is -1.13. The highest BCUT2D eigenvalue weighted by Gasteiger charge is 2.07. The van der Waals surface area contributed by atoms with Gasteiger partial charge in [0, 0.05) is 6.20 Å². The first-order valence-corrected chi connectivity index (χ1v) is 4.55. The van der Waals surface area contributed by atoms with E-state index in [1.165, 1.54) is 12.3 Å². The van der Waals surface area contributed by atoms with Crippen molar-refractivity contribution in [3.8, 4) is 0 Å². The van der Waals surface area contributed by atoms with Gasteiger partial charge in [0.05, 0.1) is 11.1 Å². The molecule has 1 rings (SSSR count). The molecule has 76 valence electrons. The molecule has 0 unspecified atom stereocenters. The van der Waals surface area contributed by atoms with E-state index in [0.717, 1.165) is 0 Å². The van der Waals surface area contributed by atoms with Crippen LogP contribution in [0.1, 0.15) is 24.3 Å². The molecule has 14 heavy (non-hydrogen) atoms. The molecule has 0 fully saturated rings. The van der Waals surface area contributed by atoms with E-state index in [4.69, 9.17) is 16.4 Å². The van der Waals surface area contributed by atoms with Crippen molar-refractivity contribution in [2.45, 2.75) is 20.0 Å². The minimum atomic E-state index is -0.379. The standard InChI is InChI=1S/C9H11ClN2O2/c1-6(2)14-12-9(13)8-4-3-7(10)5-11-8/h3-6H,1-2H3,(H,12,13). The van der Waals surface area contributed by atoms with E-state index in [-0.39, 0.29) is 17.7 Å². The van der Waals surface area contributed by atoms with Gasteiger partial charge in [-0.25, -0.2) is 10.5 Å². The molecule has 0 spiro atoms. The molecule has 0 saturated heterocycles. The summed E-state index contributed by atoms with van der Waals surface area (Å²) in [5, 5.41) is 0.492. The molecule has 0 aliphatic heterocycles. The normalized spacial score (nSPS) is 10.3. The van der Waals surface area contributed by atoms with Gasteiger partial charge in [-0.2, -0.15) is 0 Å². The van der Waals surface area contributed by atoms with Gasteiger partial charge in [0.15, 0.2) is 0 Å². The first-order chi connectivity index (χ1) is 6.59. The van der Waals surface area contributed by atoms with Gasteiger partial charge in [0.1, 0.15) is 5.69 Å². The Labute approximate surface area is 87.2 Å². The Morgan fingerprint density at radius 3 is 2.79 bits per heavy atom. The van der Waals surface area contributed by atoms with Crippen molar-refractivity contribution in [3.63, 3.8) is 0 Å². The molecule has 0 saturated carbocycles. The van der Waals surface area contributed by atoms with Crippen LogP contribution in [0.2, 0.25) is 5.02 Å². The number of amides is 1. The predicted molar refractivity (Wildman–Crippen MR) is 52.9 cm³/mol. The molecule has 0 aliphatic carbocycles. The van der Waals surface area contributed by atoms with Gasteiger partial charge in [-0.3, -0.25) is 9.63 Å². The average molecular weight is 215 g/mol. The summed E-state index contributed by atoms with van der Waals surface area (Å²) in [4.78, 5) is 20.1. The number of rotatable bonds is 3. The van der Waals surface area contributed by atoms with Crippen molar-refractivity contribution >= 4 is 17.5 Å².